The molecule has 1 aromatic heterocycles. The number of nitrogens with zero attached hydrogens (tertiary/aromatic N) is 1. The summed E-state index contributed by atoms with van der Waals surface area (Å²) in [4.78, 5) is 3.82. The Kier molecular flexibility index (Phi) is 4.78. The molecule has 4 nitrogen and oxygen atoms in total. The second-order valence-corrected chi connectivity index (χ2v) is 4.19. The second-order valence-electron chi connectivity index (χ2n) is 3.83. The summed E-state index contributed by atoms with van der Waals surface area (Å²) in [7, 11) is 0. The van der Waals surface area contributed by atoms with E-state index in [2.05, 4.69) is 11.6 Å². The Hall–Kier alpha value is -1.49. The number of hydrogen-bond donors (Lipinski definition) is 1. The van der Waals surface area contributed by atoms with Crippen LogP contribution in [0.3, 0.4) is 0 Å². The molecule has 2 N–H and O–H groups in total. The molecule has 0 amide bonds. The van der Waals surface area contributed by atoms with Crippen molar-refractivity contribution in [1.29, 1.82) is 0 Å². The van der Waals surface area contributed by atoms with Crippen LogP contribution in [0.1, 0.15) is 26.3 Å². The predicted octanol–water partition coefficient (Wildman–Crippen LogP) is 3.25. The first kappa shape index (κ1) is 14.6. The van der Waals surface area contributed by atoms with Crippen LogP contribution in [0.2, 0.25) is 5.15 Å². The van der Waals surface area contributed by atoms with Crippen LogP contribution >= 0.6 is 11.6 Å². The minimum Gasteiger partial charge on any atom is -0.494 e. The SMILES string of the molecule is C=C(OCC)c1c(OC(C)C)nc(Cl)c(F)c1N. The van der Waals surface area contributed by atoms with Crippen LogP contribution in [0.25, 0.3) is 5.76 Å². The van der Waals surface area contributed by atoms with E-state index in [4.69, 9.17) is 26.8 Å². The van der Waals surface area contributed by atoms with E-state index in [1.165, 1.54) is 0 Å². The molecule has 0 bridgehead atoms. The first-order valence-corrected chi connectivity index (χ1v) is 5.89. The summed E-state index contributed by atoms with van der Waals surface area (Å²) in [5.74, 6) is -0.482. The maximum Gasteiger partial charge on any atom is 0.228 e. The average molecular weight is 275 g/mol. The van der Waals surface area contributed by atoms with Crippen molar-refractivity contribution in [3.8, 4) is 5.88 Å². The maximum atomic E-state index is 13.6. The maximum absolute atomic E-state index is 13.6. The van der Waals surface area contributed by atoms with Crippen LogP contribution < -0.4 is 10.5 Å². The van der Waals surface area contributed by atoms with Crippen molar-refractivity contribution in [2.45, 2.75) is 26.9 Å². The fourth-order valence-electron chi connectivity index (χ4n) is 1.35. The van der Waals surface area contributed by atoms with Gasteiger partial charge in [0.15, 0.2) is 11.0 Å². The summed E-state index contributed by atoms with van der Waals surface area (Å²) in [5.41, 5.74) is 5.70. The van der Waals surface area contributed by atoms with Gasteiger partial charge in [-0.2, -0.15) is 4.98 Å². The van der Waals surface area contributed by atoms with E-state index in [0.29, 0.717) is 6.61 Å². The van der Waals surface area contributed by atoms with Gasteiger partial charge in [-0.25, -0.2) is 4.39 Å². The number of nitrogen functional groups attached to an aromatic ring is 1. The smallest absolute Gasteiger partial charge is 0.228 e. The number of hydrogen-bond acceptors (Lipinski definition) is 4. The average Bonchev–Trinajstić information content (AvgIpc) is 2.25. The quantitative estimate of drug-likeness (QED) is 0.661. The highest BCUT2D eigenvalue weighted by atomic mass is 35.5. The zero-order chi connectivity index (χ0) is 13.9. The normalized spacial score (nSPS) is 10.6. The van der Waals surface area contributed by atoms with Gasteiger partial charge >= 0.3 is 0 Å². The molecule has 0 aliphatic heterocycles. The minimum absolute atomic E-state index is 0.118. The van der Waals surface area contributed by atoms with Gasteiger partial charge in [0.05, 0.1) is 18.4 Å². The second kappa shape index (κ2) is 5.91. The fourth-order valence-corrected chi connectivity index (χ4v) is 1.53. The van der Waals surface area contributed by atoms with Gasteiger partial charge in [0, 0.05) is 0 Å². The Morgan fingerprint density at radius 1 is 1.56 bits per heavy atom. The van der Waals surface area contributed by atoms with Crippen molar-refractivity contribution < 1.29 is 13.9 Å². The molecule has 0 fully saturated rings. The minimum atomic E-state index is -0.802. The Bertz CT molecular complexity index is 464. The highest BCUT2D eigenvalue weighted by molar-refractivity contribution is 6.30. The number of aromatic nitrogens is 1. The molecule has 0 unspecified atom stereocenters. The third kappa shape index (κ3) is 3.04. The molecule has 6 heteroatoms. The highest BCUT2D eigenvalue weighted by Gasteiger charge is 2.21. The largest absolute Gasteiger partial charge is 0.494 e. The number of pyridine rings is 1. The molecule has 0 saturated heterocycles. The fraction of sp³-hybridized carbons (Fsp3) is 0.417. The van der Waals surface area contributed by atoms with E-state index in [1.54, 1.807) is 6.92 Å². The van der Waals surface area contributed by atoms with E-state index in [1.807, 2.05) is 13.8 Å². The van der Waals surface area contributed by atoms with Gasteiger partial charge in [-0.1, -0.05) is 18.2 Å². The first-order valence-electron chi connectivity index (χ1n) is 5.51. The van der Waals surface area contributed by atoms with Crippen LogP contribution in [0.15, 0.2) is 6.58 Å². The van der Waals surface area contributed by atoms with Crippen LogP contribution in [0.5, 0.6) is 5.88 Å². The van der Waals surface area contributed by atoms with E-state index in [0.717, 1.165) is 0 Å². The Morgan fingerprint density at radius 3 is 2.67 bits per heavy atom. The van der Waals surface area contributed by atoms with Crippen molar-refractivity contribution in [2.24, 2.45) is 0 Å². The van der Waals surface area contributed by atoms with Gasteiger partial charge in [-0.3, -0.25) is 0 Å². The van der Waals surface area contributed by atoms with Gasteiger partial charge in [0.1, 0.15) is 11.3 Å². The molecule has 0 atom stereocenters. The van der Waals surface area contributed by atoms with Gasteiger partial charge in [-0.05, 0) is 20.8 Å². The van der Waals surface area contributed by atoms with E-state index >= 15 is 0 Å². The topological polar surface area (TPSA) is 57.4 Å². The zero-order valence-electron chi connectivity index (χ0n) is 10.6. The number of halogens is 2. The predicted molar refractivity (Wildman–Crippen MR) is 70.0 cm³/mol. The lowest BCUT2D eigenvalue weighted by atomic mass is 10.2. The standard InChI is InChI=1S/C12H16ClFN2O2/c1-5-17-7(4)8-10(15)9(14)11(13)16-12(8)18-6(2)3/h6H,4-5H2,1-3H3,(H2,15,16). The highest BCUT2D eigenvalue weighted by Crippen LogP contribution is 2.35. The van der Waals surface area contributed by atoms with Gasteiger partial charge in [0.2, 0.25) is 5.88 Å². The molecule has 100 valence electrons. The third-order valence-corrected chi connectivity index (χ3v) is 2.30. The molecule has 0 aliphatic rings. The summed E-state index contributed by atoms with van der Waals surface area (Å²) < 4.78 is 24.3. The van der Waals surface area contributed by atoms with Gasteiger partial charge in [-0.15, -0.1) is 0 Å². The monoisotopic (exact) mass is 274 g/mol. The zero-order valence-corrected chi connectivity index (χ0v) is 11.3. The van der Waals surface area contributed by atoms with Crippen molar-refractivity contribution in [3.63, 3.8) is 0 Å². The molecule has 1 aromatic rings. The van der Waals surface area contributed by atoms with E-state index in [9.17, 15) is 4.39 Å². The van der Waals surface area contributed by atoms with Crippen LogP contribution in [0, 0.1) is 5.82 Å². The third-order valence-electron chi connectivity index (χ3n) is 2.05. The molecule has 0 saturated carbocycles. The van der Waals surface area contributed by atoms with Gasteiger partial charge < -0.3 is 15.2 Å². The van der Waals surface area contributed by atoms with E-state index < -0.39 is 5.82 Å². The Labute approximate surface area is 111 Å². The molecule has 0 spiro atoms. The summed E-state index contributed by atoms with van der Waals surface area (Å²) in [6, 6.07) is 0. The lowest BCUT2D eigenvalue weighted by molar-refractivity contribution is 0.228. The summed E-state index contributed by atoms with van der Waals surface area (Å²) in [5, 5.41) is -0.337. The molecule has 1 rings (SSSR count). The Balaban J connectivity index is 3.34. The molecule has 0 aliphatic carbocycles. The van der Waals surface area contributed by atoms with E-state index in [-0.39, 0.29) is 34.1 Å². The molecule has 18 heavy (non-hydrogen) atoms. The summed E-state index contributed by atoms with van der Waals surface area (Å²) in [6.07, 6.45) is -0.161. The molecule has 0 aromatic carbocycles. The van der Waals surface area contributed by atoms with Crippen molar-refractivity contribution >= 4 is 23.0 Å². The van der Waals surface area contributed by atoms with Crippen molar-refractivity contribution in [2.75, 3.05) is 12.3 Å². The van der Waals surface area contributed by atoms with Crippen molar-refractivity contribution in [3.05, 3.63) is 23.1 Å². The number of anilines is 1. The number of rotatable bonds is 5. The lowest BCUT2D eigenvalue weighted by Crippen LogP contribution is -2.12. The first-order chi connectivity index (χ1) is 8.38. The number of nitrogens with two attached hydrogens (primary N) is 1. The summed E-state index contributed by atoms with van der Waals surface area (Å²) in [6.45, 7) is 9.46. The van der Waals surface area contributed by atoms with Crippen LogP contribution in [0.4, 0.5) is 10.1 Å². The molecular formula is C12H16ClFN2O2. The van der Waals surface area contributed by atoms with Crippen molar-refractivity contribution in [1.82, 2.24) is 4.98 Å². The molecule has 1 heterocycles. The summed E-state index contributed by atoms with van der Waals surface area (Å²) >= 11 is 5.64. The lowest BCUT2D eigenvalue weighted by Gasteiger charge is -2.17. The van der Waals surface area contributed by atoms with Crippen LogP contribution in [-0.2, 0) is 4.74 Å². The van der Waals surface area contributed by atoms with Gasteiger partial charge in [0.25, 0.3) is 0 Å². The molecule has 0 radical (unpaired) electrons. The number of ether oxygens (including phenoxy) is 2. The molecular weight excluding hydrogens is 259 g/mol. The van der Waals surface area contributed by atoms with Crippen LogP contribution in [-0.4, -0.2) is 17.7 Å². The Morgan fingerprint density at radius 2 is 2.17 bits per heavy atom.